The lowest BCUT2D eigenvalue weighted by Gasteiger charge is -2.30. The molecule has 0 saturated carbocycles. The van der Waals surface area contributed by atoms with Gasteiger partial charge in [0.2, 0.25) is 5.91 Å². The zero-order valence-corrected chi connectivity index (χ0v) is 19.3. The van der Waals surface area contributed by atoms with Crippen LogP contribution < -0.4 is 19.5 Å². The van der Waals surface area contributed by atoms with Crippen molar-refractivity contribution >= 4 is 35.4 Å². The third kappa shape index (κ3) is 6.50. The van der Waals surface area contributed by atoms with Crippen LogP contribution in [0.5, 0.6) is 5.75 Å². The molecule has 0 radical (unpaired) electrons. The van der Waals surface area contributed by atoms with E-state index in [1.165, 1.54) is 28.9 Å². The summed E-state index contributed by atoms with van der Waals surface area (Å²) in [7, 11) is 0. The number of benzene rings is 1. The molecule has 7 nitrogen and oxygen atoms in total. The lowest BCUT2D eigenvalue weighted by atomic mass is 9.99. The molecule has 1 aliphatic rings. The highest BCUT2D eigenvalue weighted by Gasteiger charge is 2.22. The average Bonchev–Trinajstić information content (AvgIpc) is 3.04. The number of nitrogens with zero attached hydrogens (tertiary/aromatic N) is 2. The quantitative estimate of drug-likeness (QED) is 0.566. The summed E-state index contributed by atoms with van der Waals surface area (Å²) in [5.74, 6) is -0.392. The smallest absolute Gasteiger partial charge is 0.387 e. The van der Waals surface area contributed by atoms with Gasteiger partial charge >= 0.3 is 12.6 Å². The van der Waals surface area contributed by atoms with Crippen molar-refractivity contribution in [1.29, 1.82) is 0 Å². The molecule has 10 heteroatoms. The number of amides is 1. The maximum atomic E-state index is 13.1. The molecule has 2 heterocycles. The van der Waals surface area contributed by atoms with E-state index in [-0.39, 0.29) is 39.6 Å². The Hall–Kier alpha value is -3.01. The summed E-state index contributed by atoms with van der Waals surface area (Å²) >= 11 is 0.976. The van der Waals surface area contributed by atoms with E-state index in [1.54, 1.807) is 24.0 Å². The second-order valence-electron chi connectivity index (χ2n) is 7.72. The molecule has 1 amide bonds. The molecule has 0 aliphatic carbocycles. The number of ether oxygens (including phenoxy) is 2. The van der Waals surface area contributed by atoms with Gasteiger partial charge in [0.1, 0.15) is 17.0 Å². The molecule has 1 aromatic heterocycles. The Balaban J connectivity index is 2.03. The van der Waals surface area contributed by atoms with Gasteiger partial charge in [-0.3, -0.25) is 14.2 Å². The Labute approximate surface area is 193 Å². The normalized spacial score (nSPS) is 15.8. The SMILES string of the molecule is CCOC(=O)/C=c1\s/c(=C\c2ccccc2OC(F)F)c(=O)n1CC(=O)N1CCC(C)CC1. The zero-order valence-electron chi connectivity index (χ0n) is 18.5. The van der Waals surface area contributed by atoms with Gasteiger partial charge in [-0.25, -0.2) is 4.79 Å². The number of halogens is 2. The number of hydrogen-bond acceptors (Lipinski definition) is 6. The van der Waals surface area contributed by atoms with Crippen LogP contribution >= 0.6 is 11.3 Å². The van der Waals surface area contributed by atoms with Crippen molar-refractivity contribution in [3.8, 4) is 5.75 Å². The van der Waals surface area contributed by atoms with Crippen LogP contribution in [0, 0.1) is 5.92 Å². The second-order valence-corrected chi connectivity index (χ2v) is 8.78. The molecule has 0 N–H and O–H groups in total. The molecule has 0 atom stereocenters. The van der Waals surface area contributed by atoms with Crippen molar-refractivity contribution in [2.24, 2.45) is 5.92 Å². The van der Waals surface area contributed by atoms with Crippen LogP contribution in [-0.2, 0) is 20.9 Å². The van der Waals surface area contributed by atoms with Crippen molar-refractivity contribution < 1.29 is 27.8 Å². The number of likely N-dealkylation sites (tertiary alicyclic amines) is 1. The minimum Gasteiger partial charge on any atom is -0.463 e. The molecule has 33 heavy (non-hydrogen) atoms. The summed E-state index contributed by atoms with van der Waals surface area (Å²) in [6.07, 6.45) is 4.37. The summed E-state index contributed by atoms with van der Waals surface area (Å²) in [6.45, 7) is 1.95. The van der Waals surface area contributed by atoms with Crippen molar-refractivity contribution in [3.05, 3.63) is 49.4 Å². The molecule has 3 rings (SSSR count). The Kier molecular flexibility index (Phi) is 8.37. The molecule has 2 aromatic rings. The molecule has 0 unspecified atom stereocenters. The third-order valence-electron chi connectivity index (χ3n) is 5.32. The van der Waals surface area contributed by atoms with E-state index >= 15 is 0 Å². The van der Waals surface area contributed by atoms with Gasteiger partial charge in [-0.2, -0.15) is 8.78 Å². The molecular weight excluding hydrogens is 454 g/mol. The van der Waals surface area contributed by atoms with Crippen LogP contribution in [0.15, 0.2) is 29.1 Å². The van der Waals surface area contributed by atoms with Gasteiger partial charge in [0.15, 0.2) is 0 Å². The summed E-state index contributed by atoms with van der Waals surface area (Å²) < 4.78 is 36.6. The fourth-order valence-corrected chi connectivity index (χ4v) is 4.54. The molecule has 1 aliphatic heterocycles. The number of hydrogen-bond donors (Lipinski definition) is 0. The van der Waals surface area contributed by atoms with Gasteiger partial charge in [-0.1, -0.05) is 25.1 Å². The fraction of sp³-hybridized carbons (Fsp3) is 0.435. The maximum absolute atomic E-state index is 13.1. The van der Waals surface area contributed by atoms with Crippen LogP contribution in [0.25, 0.3) is 12.2 Å². The number of carbonyl (C=O) groups excluding carboxylic acids is 2. The highest BCUT2D eigenvalue weighted by molar-refractivity contribution is 7.07. The van der Waals surface area contributed by atoms with E-state index in [9.17, 15) is 23.2 Å². The summed E-state index contributed by atoms with van der Waals surface area (Å²) in [6, 6.07) is 6.08. The number of carbonyl (C=O) groups is 2. The lowest BCUT2D eigenvalue weighted by molar-refractivity contribution is -0.136. The summed E-state index contributed by atoms with van der Waals surface area (Å²) in [5.41, 5.74) is -0.219. The molecule has 178 valence electrons. The predicted molar refractivity (Wildman–Crippen MR) is 121 cm³/mol. The highest BCUT2D eigenvalue weighted by Crippen LogP contribution is 2.20. The van der Waals surface area contributed by atoms with E-state index in [4.69, 9.17) is 4.74 Å². The highest BCUT2D eigenvalue weighted by atomic mass is 32.1. The molecule has 1 saturated heterocycles. The monoisotopic (exact) mass is 480 g/mol. The topological polar surface area (TPSA) is 77.8 Å². The summed E-state index contributed by atoms with van der Waals surface area (Å²) in [4.78, 5) is 39.8. The molecular formula is C23H26F2N2O5S. The first-order valence-electron chi connectivity index (χ1n) is 10.7. The van der Waals surface area contributed by atoms with Crippen LogP contribution in [0.3, 0.4) is 0 Å². The minimum absolute atomic E-state index is 0.0821. The van der Waals surface area contributed by atoms with Crippen molar-refractivity contribution in [1.82, 2.24) is 9.47 Å². The van der Waals surface area contributed by atoms with Gasteiger partial charge in [0.25, 0.3) is 5.56 Å². The molecule has 1 fully saturated rings. The van der Waals surface area contributed by atoms with Crippen molar-refractivity contribution in [3.63, 3.8) is 0 Å². The lowest BCUT2D eigenvalue weighted by Crippen LogP contribution is -2.43. The van der Waals surface area contributed by atoms with E-state index in [0.29, 0.717) is 19.0 Å². The maximum Gasteiger partial charge on any atom is 0.387 e. The van der Waals surface area contributed by atoms with Gasteiger partial charge in [0.05, 0.1) is 17.2 Å². The minimum atomic E-state index is -3.02. The Bertz CT molecular complexity index is 1170. The Morgan fingerprint density at radius 3 is 2.61 bits per heavy atom. The fourth-order valence-electron chi connectivity index (χ4n) is 3.52. The van der Waals surface area contributed by atoms with E-state index in [2.05, 4.69) is 11.7 Å². The first-order valence-corrected chi connectivity index (χ1v) is 11.5. The first-order chi connectivity index (χ1) is 15.8. The van der Waals surface area contributed by atoms with E-state index in [0.717, 1.165) is 24.2 Å². The van der Waals surface area contributed by atoms with E-state index in [1.807, 2.05) is 0 Å². The number of rotatable bonds is 7. The molecule has 0 bridgehead atoms. The number of alkyl halides is 2. The number of para-hydroxylation sites is 1. The van der Waals surface area contributed by atoms with Gasteiger partial charge in [-0.05, 0) is 37.8 Å². The zero-order chi connectivity index (χ0) is 24.0. The number of aromatic nitrogens is 1. The standard InChI is InChI=1S/C23H26F2N2O5S/c1-3-31-21(29)13-20-27(14-19(28)26-10-8-15(2)9-11-26)22(30)18(33-20)12-16-6-4-5-7-17(16)32-23(24)25/h4-7,12-13,15,23H,3,8-11,14H2,1-2H3/b18-12-,20-13-. The van der Waals surface area contributed by atoms with Gasteiger partial charge < -0.3 is 14.4 Å². The summed E-state index contributed by atoms with van der Waals surface area (Å²) in [5, 5.41) is 0. The van der Waals surface area contributed by atoms with Gasteiger partial charge in [0, 0.05) is 18.7 Å². The largest absolute Gasteiger partial charge is 0.463 e. The van der Waals surface area contributed by atoms with E-state index < -0.39 is 18.1 Å². The van der Waals surface area contributed by atoms with Crippen molar-refractivity contribution in [2.45, 2.75) is 39.8 Å². The van der Waals surface area contributed by atoms with Crippen molar-refractivity contribution in [2.75, 3.05) is 19.7 Å². The average molecular weight is 481 g/mol. The number of esters is 1. The van der Waals surface area contributed by atoms with Crippen LogP contribution in [0.2, 0.25) is 0 Å². The van der Waals surface area contributed by atoms with Crippen LogP contribution in [0.4, 0.5) is 8.78 Å². The Morgan fingerprint density at radius 2 is 1.94 bits per heavy atom. The molecule has 1 aromatic carbocycles. The van der Waals surface area contributed by atoms with Crippen LogP contribution in [0.1, 0.15) is 32.3 Å². The van der Waals surface area contributed by atoms with Crippen LogP contribution in [-0.4, -0.2) is 47.7 Å². The number of thiazole rings is 1. The predicted octanol–water partition coefficient (Wildman–Crippen LogP) is 1.94. The first kappa shape index (κ1) is 24.6. The Morgan fingerprint density at radius 1 is 1.24 bits per heavy atom. The second kappa shape index (κ2) is 11.2. The van der Waals surface area contributed by atoms with Gasteiger partial charge in [-0.15, -0.1) is 11.3 Å². The molecule has 0 spiro atoms. The third-order valence-corrected chi connectivity index (χ3v) is 6.38. The number of piperidine rings is 1.